The molecule has 38 nitrogen and oxygen atoms in total. The topological polar surface area (TPSA) is 652 Å². The Bertz CT molecular complexity index is 3510. The molecule has 630 valence electrons. The number of halogens is 8. The van der Waals surface area contributed by atoms with Crippen molar-refractivity contribution in [2.24, 2.45) is 17.2 Å². The van der Waals surface area contributed by atoms with Gasteiger partial charge in [0.2, 0.25) is 17.7 Å². The Hall–Kier alpha value is -10.6. The van der Waals surface area contributed by atoms with E-state index in [-0.39, 0.29) is 50.0 Å². The molecule has 4 aromatic rings. The normalized spacial score (nSPS) is 13.1. The van der Waals surface area contributed by atoms with Gasteiger partial charge in [-0.25, -0.2) is 24.0 Å². The van der Waals surface area contributed by atoms with Crippen LogP contribution in [-0.4, -0.2) is 269 Å². The van der Waals surface area contributed by atoms with Gasteiger partial charge in [-0.05, 0) is 94.4 Å². The number of likely N-dealkylation sites (N-methyl/N-ethyl adjacent to an activating group) is 3. The summed E-state index contributed by atoms with van der Waals surface area (Å²) in [6.45, 7) is 0. The van der Waals surface area contributed by atoms with Crippen molar-refractivity contribution in [2.45, 2.75) is 118 Å². The molecule has 0 spiro atoms. The van der Waals surface area contributed by atoms with E-state index < -0.39 is 168 Å². The van der Waals surface area contributed by atoms with Crippen LogP contribution in [0.15, 0.2) is 109 Å². The monoisotopic (exact) mass is 1660 g/mol. The van der Waals surface area contributed by atoms with Crippen LogP contribution in [-0.2, 0) is 106 Å². The van der Waals surface area contributed by atoms with E-state index in [1.54, 1.807) is 18.0 Å². The molecule has 112 heavy (non-hydrogen) atoms. The Labute approximate surface area is 648 Å². The second kappa shape index (κ2) is 62.1. The number of alkyl halides is 6. The predicted octanol–water partition coefficient (Wildman–Crippen LogP) is -1.94. The van der Waals surface area contributed by atoms with Gasteiger partial charge in [-0.15, -0.1) is 24.8 Å². The Morgan fingerprint density at radius 3 is 1.05 bits per heavy atom. The number of nitrogens with one attached hydrogen (secondary N) is 6. The Morgan fingerprint density at radius 1 is 0.455 bits per heavy atom. The first-order valence-corrected chi connectivity index (χ1v) is 30.4. The number of hydrogen-bond donors (Lipinski definition) is 21. The van der Waals surface area contributed by atoms with E-state index in [0.717, 1.165) is 77.0 Å². The first-order chi connectivity index (χ1) is 50.9. The van der Waals surface area contributed by atoms with Gasteiger partial charge in [-0.1, -0.05) is 80.2 Å². The van der Waals surface area contributed by atoms with E-state index in [0.29, 0.717) is 26.4 Å². The van der Waals surface area contributed by atoms with Crippen LogP contribution >= 0.6 is 24.8 Å². The summed E-state index contributed by atoms with van der Waals surface area (Å²) in [5, 5.41) is 115. The zero-order valence-corrected chi connectivity index (χ0v) is 61.5. The molecule has 0 aliphatic rings. The Balaban J connectivity index is -0.000000246. The van der Waals surface area contributed by atoms with Crippen LogP contribution in [0.2, 0.25) is 0 Å². The third-order valence-electron chi connectivity index (χ3n) is 13.1. The number of rotatable bonds is 29. The van der Waals surface area contributed by atoms with Crippen LogP contribution in [0, 0.1) is 11.9 Å². The zero-order valence-electron chi connectivity index (χ0n) is 59.8. The number of esters is 4. The van der Waals surface area contributed by atoms with Crippen molar-refractivity contribution in [3.05, 3.63) is 131 Å². The number of aliphatic hydroxyl groups excluding tert-OH is 7. The first kappa shape index (κ1) is 115. The molecular formula is C65H92BCl2F6N9O29. The number of nitrogens with two attached hydrogens (primary N) is 3. The van der Waals surface area contributed by atoms with Gasteiger partial charge in [0.05, 0.1) is 45.6 Å². The summed E-state index contributed by atoms with van der Waals surface area (Å²) in [4.78, 5) is 132. The minimum atomic E-state index is -4.59. The van der Waals surface area contributed by atoms with E-state index in [2.05, 4.69) is 50.8 Å². The Kier molecular flexibility index (Phi) is 63.6. The molecular weight excluding hydrogens is 1570 g/mol. The summed E-state index contributed by atoms with van der Waals surface area (Å²) in [7, 11) is 9.51. The molecule has 0 aliphatic heterocycles. The van der Waals surface area contributed by atoms with Crippen LogP contribution in [0.3, 0.4) is 0 Å². The molecule has 0 fully saturated rings. The number of ether oxygens (including phenoxy) is 4. The third kappa shape index (κ3) is 46.8. The molecule has 1 unspecified atom stereocenters. The van der Waals surface area contributed by atoms with Gasteiger partial charge in [0, 0.05) is 18.5 Å². The summed E-state index contributed by atoms with van der Waals surface area (Å²) < 4.78 is 103. The molecule has 0 heterocycles. The molecule has 47 heteroatoms. The molecule has 0 saturated heterocycles. The van der Waals surface area contributed by atoms with Gasteiger partial charge < -0.3 is 124 Å². The number of benzene rings is 4. The van der Waals surface area contributed by atoms with Crippen molar-refractivity contribution in [1.82, 2.24) is 21.3 Å². The molecule has 4 rings (SSSR count). The maximum absolute atomic E-state index is 13.0. The van der Waals surface area contributed by atoms with E-state index in [1.165, 1.54) is 45.4 Å². The fourth-order valence-corrected chi connectivity index (χ4v) is 7.35. The molecule has 3 amide bonds. The van der Waals surface area contributed by atoms with Crippen LogP contribution in [0.5, 0.6) is 0 Å². The molecule has 0 aliphatic carbocycles. The molecule has 0 bridgehead atoms. The molecule has 12 atom stereocenters. The number of aliphatic hydroxyl groups is 7. The summed E-state index contributed by atoms with van der Waals surface area (Å²) in [6, 6.07) is 17.7. The van der Waals surface area contributed by atoms with E-state index in [9.17, 15) is 89.0 Å². The quantitative estimate of drug-likeness (QED) is 0.00925. The summed E-state index contributed by atoms with van der Waals surface area (Å²) >= 11 is 0. The molecule has 0 aromatic heterocycles. The van der Waals surface area contributed by atoms with E-state index in [1.807, 2.05) is 48.5 Å². The molecule has 24 N–H and O–H groups in total. The zero-order chi connectivity index (χ0) is 85.1. The number of methoxy groups -OCH3 is 4. The fraction of sp³-hybridized carbons (Fsp3) is 0.415. The number of carbonyl (C=O) groups excluding carboxylic acids is 7. The van der Waals surface area contributed by atoms with Gasteiger partial charge >= 0.3 is 95.0 Å². The second-order valence-corrected chi connectivity index (χ2v) is 20.6. The van der Waals surface area contributed by atoms with Crippen molar-refractivity contribution in [2.75, 3.05) is 67.3 Å². The summed E-state index contributed by atoms with van der Waals surface area (Å²) in [5.41, 5.74) is 15.6. The van der Waals surface area contributed by atoms with Crippen LogP contribution in [0.1, 0.15) is 42.5 Å². The van der Waals surface area contributed by atoms with Crippen LogP contribution in [0.4, 0.5) is 37.7 Å². The number of anilines is 2. The van der Waals surface area contributed by atoms with Gasteiger partial charge in [-0.3, -0.25) is 33.6 Å². The van der Waals surface area contributed by atoms with Crippen molar-refractivity contribution in [3.8, 4) is 11.9 Å². The van der Waals surface area contributed by atoms with Crippen LogP contribution in [0.25, 0.3) is 0 Å². The SMILES string of the molecule is C.CNC(C(=O)N[C@@H](CCc1ccccc1)C(=O)Nc1cccc(C(F)(F)F)c1)[C@H](O)C(=O)OC.CN[C@@H](C(=O)O)[C@H](O)C(=O)OC.CN[C@@H](C(=O)O)[C@H](O)C(=O)OC.CO.COC(=O)[C@@H](O)[C@@H](N)C(=O)O.Cl.Cl.N[C@@H](C(=O)O)[C@H](O)C(=O)O.N[C@@H](CCc1ccccc1)C(=O)Nc1cccc(C(F)(F)F)c1.O=BC#CO. The predicted molar refractivity (Wildman–Crippen MR) is 386 cm³/mol. The Morgan fingerprint density at radius 2 is 0.777 bits per heavy atom. The average molecular weight is 1660 g/mol. The van der Waals surface area contributed by atoms with Crippen molar-refractivity contribution >= 4 is 115 Å². The van der Waals surface area contributed by atoms with Crippen molar-refractivity contribution in [3.63, 3.8) is 0 Å². The summed E-state index contributed by atoms with van der Waals surface area (Å²) in [6.07, 6.45) is -15.2. The number of aliphatic carboxylic acids is 5. The summed E-state index contributed by atoms with van der Waals surface area (Å²) in [5.74, 6) is -11.7. The number of hydrogen-bond acceptors (Lipinski definition) is 30. The molecule has 0 radical (unpaired) electrons. The van der Waals surface area contributed by atoms with Gasteiger partial charge in [0.25, 0.3) is 0 Å². The second-order valence-electron chi connectivity index (χ2n) is 20.6. The van der Waals surface area contributed by atoms with E-state index in [4.69, 9.17) is 78.1 Å². The average Bonchev–Trinajstić information content (AvgIpc) is 0.845. The standard InChI is InChI=1S/C23H26F3N3O5.C17H17F3N2O.2C6H11NO5.C5H9NO5.C4H7NO5.C2HBO2.CH4O.CH4.2ClH/c1-27-18(19(30)22(33)34-2)21(32)29-17(12-11-14-7-4-3-5-8-14)20(31)28-16-10-6-9-15(13-16)23(24,25)26;18-17(19,20)13-7-4-8-14(11-13)22-16(23)15(21)10-9-12-5-2-1-3-6-12;2*1-7-3(5(9)10)4(8)6(11)12-2;1-11-5(10)3(7)2(6)4(8)9;5-1(3(7)8)2(6)4(9)10;4-2-1-3-5;1-2;;;/h3-10,13,17-19,27,30H,11-12H2,1-2H3,(H,28,31)(H,29,32);1-8,11,15H,9-10,21H2,(H,22,23);2*3-4,7-8H,1-2H3,(H,9,10);2-3,7H,6H2,1H3,(H,8,9);1-2,6H,5H2,(H,7,8)(H,9,10);4H;2H,1H3;1H4;2*1H/t17-,18?,19-;15-;2*3-,4+;2-,3+;1-,2+;;;;;/m001111...../s1. The fourth-order valence-electron chi connectivity index (χ4n) is 7.35. The maximum atomic E-state index is 13.0. The van der Waals surface area contributed by atoms with Crippen molar-refractivity contribution < 1.29 is 169 Å². The number of carboxylic acid groups (broad SMARTS) is 5. The molecule has 0 saturated carbocycles. The van der Waals surface area contributed by atoms with E-state index >= 15 is 0 Å². The molecule has 4 aromatic carbocycles. The first-order valence-electron chi connectivity index (χ1n) is 30.4. The third-order valence-corrected chi connectivity index (χ3v) is 13.1. The number of carbonyl (C=O) groups is 12. The minimum absolute atomic E-state index is 0. The number of aryl methyl sites for hydroxylation is 2. The number of amides is 3. The van der Waals surface area contributed by atoms with Gasteiger partial charge in [0.1, 0.15) is 36.3 Å². The number of carboxylic acids is 5. The van der Waals surface area contributed by atoms with Gasteiger partial charge in [0.15, 0.2) is 30.5 Å². The van der Waals surface area contributed by atoms with Crippen molar-refractivity contribution in [1.29, 1.82) is 0 Å². The van der Waals surface area contributed by atoms with Gasteiger partial charge in [-0.2, -0.15) is 26.3 Å². The van der Waals surface area contributed by atoms with Crippen LogP contribution < -0.4 is 49.1 Å².